The molecule has 2 aliphatic heterocycles. The Morgan fingerprint density at radius 2 is 1.91 bits per heavy atom. The molecule has 2 amide bonds. The lowest BCUT2D eigenvalue weighted by atomic mass is 9.80. The molecule has 6 heteroatoms. The van der Waals surface area contributed by atoms with Crippen LogP contribution in [-0.4, -0.2) is 55.7 Å². The molecule has 0 spiro atoms. The molecule has 1 aliphatic carbocycles. The SMILES string of the molecule is COC1CC(C(=O)N2CCC(C[C@H]3OCC[C@H]3C(N)=O)CC2)C1. The van der Waals surface area contributed by atoms with Crippen LogP contribution in [-0.2, 0) is 19.1 Å². The average molecular weight is 324 g/mol. The van der Waals surface area contributed by atoms with Crippen LogP contribution in [0.25, 0.3) is 0 Å². The van der Waals surface area contributed by atoms with E-state index in [2.05, 4.69) is 0 Å². The summed E-state index contributed by atoms with van der Waals surface area (Å²) < 4.78 is 10.9. The van der Waals surface area contributed by atoms with E-state index < -0.39 is 0 Å². The van der Waals surface area contributed by atoms with Crippen LogP contribution in [0.2, 0.25) is 0 Å². The standard InChI is InChI=1S/C17H28N2O4/c1-22-13-9-12(10-13)17(21)19-5-2-11(3-6-19)8-15-14(16(18)20)4-7-23-15/h11-15H,2-10H2,1H3,(H2,18,20)/t12?,13?,14-,15-/m1/s1. The second-order valence-corrected chi connectivity index (χ2v) is 7.24. The molecule has 23 heavy (non-hydrogen) atoms. The maximum Gasteiger partial charge on any atom is 0.225 e. The Bertz CT molecular complexity index is 442. The molecule has 2 N–H and O–H groups in total. The minimum Gasteiger partial charge on any atom is -0.381 e. The van der Waals surface area contributed by atoms with E-state index in [4.69, 9.17) is 15.2 Å². The topological polar surface area (TPSA) is 81.9 Å². The van der Waals surface area contributed by atoms with Gasteiger partial charge in [-0.15, -0.1) is 0 Å². The summed E-state index contributed by atoms with van der Waals surface area (Å²) in [4.78, 5) is 25.9. The highest BCUT2D eigenvalue weighted by Gasteiger charge is 2.39. The number of likely N-dealkylation sites (tertiary alicyclic amines) is 1. The third-order valence-corrected chi connectivity index (χ3v) is 5.84. The number of nitrogens with zero attached hydrogens (tertiary/aromatic N) is 1. The summed E-state index contributed by atoms with van der Waals surface area (Å²) in [6.45, 7) is 2.29. The summed E-state index contributed by atoms with van der Waals surface area (Å²) in [6.07, 6.45) is 5.62. The van der Waals surface area contributed by atoms with Gasteiger partial charge in [0.1, 0.15) is 0 Å². The first-order valence-corrected chi connectivity index (χ1v) is 8.81. The molecule has 0 aromatic heterocycles. The molecule has 3 rings (SSSR count). The van der Waals surface area contributed by atoms with Crippen LogP contribution in [0, 0.1) is 17.8 Å². The van der Waals surface area contributed by atoms with Crippen molar-refractivity contribution in [3.63, 3.8) is 0 Å². The van der Waals surface area contributed by atoms with Crippen molar-refractivity contribution in [3.8, 4) is 0 Å². The van der Waals surface area contributed by atoms with Gasteiger partial charge in [0.15, 0.2) is 0 Å². The van der Waals surface area contributed by atoms with Gasteiger partial charge in [0.2, 0.25) is 11.8 Å². The van der Waals surface area contributed by atoms with Crippen molar-refractivity contribution < 1.29 is 19.1 Å². The van der Waals surface area contributed by atoms with E-state index in [-0.39, 0.29) is 30.0 Å². The van der Waals surface area contributed by atoms with E-state index in [0.29, 0.717) is 18.4 Å². The van der Waals surface area contributed by atoms with E-state index in [1.807, 2.05) is 4.90 Å². The van der Waals surface area contributed by atoms with Gasteiger partial charge in [-0.3, -0.25) is 9.59 Å². The summed E-state index contributed by atoms with van der Waals surface area (Å²) in [6, 6.07) is 0. The predicted molar refractivity (Wildman–Crippen MR) is 84.5 cm³/mol. The maximum atomic E-state index is 12.4. The number of hydrogen-bond acceptors (Lipinski definition) is 4. The zero-order valence-corrected chi connectivity index (χ0v) is 13.9. The fourth-order valence-electron chi connectivity index (χ4n) is 4.14. The van der Waals surface area contributed by atoms with Crippen molar-refractivity contribution in [2.75, 3.05) is 26.8 Å². The molecule has 3 fully saturated rings. The van der Waals surface area contributed by atoms with E-state index in [0.717, 1.165) is 51.6 Å². The summed E-state index contributed by atoms with van der Waals surface area (Å²) in [5, 5.41) is 0. The Kier molecular flexibility index (Phi) is 5.21. The molecule has 2 heterocycles. The molecule has 130 valence electrons. The lowest BCUT2D eigenvalue weighted by Crippen LogP contribution is -2.47. The van der Waals surface area contributed by atoms with Crippen LogP contribution >= 0.6 is 0 Å². The molecule has 0 radical (unpaired) electrons. The van der Waals surface area contributed by atoms with Gasteiger partial charge in [-0.05, 0) is 44.4 Å². The molecule has 2 saturated heterocycles. The van der Waals surface area contributed by atoms with Gasteiger partial charge in [-0.1, -0.05) is 0 Å². The number of carbonyl (C=O) groups excluding carboxylic acids is 2. The van der Waals surface area contributed by atoms with Crippen molar-refractivity contribution >= 4 is 11.8 Å². The number of nitrogens with two attached hydrogens (primary N) is 1. The predicted octanol–water partition coefficient (Wildman–Crippen LogP) is 0.931. The monoisotopic (exact) mass is 324 g/mol. The molecule has 0 unspecified atom stereocenters. The van der Waals surface area contributed by atoms with Gasteiger partial charge in [0.25, 0.3) is 0 Å². The van der Waals surface area contributed by atoms with E-state index in [1.54, 1.807) is 7.11 Å². The third kappa shape index (κ3) is 3.69. The van der Waals surface area contributed by atoms with E-state index in [1.165, 1.54) is 0 Å². The fourth-order valence-corrected chi connectivity index (χ4v) is 4.14. The lowest BCUT2D eigenvalue weighted by molar-refractivity contribution is -0.145. The van der Waals surface area contributed by atoms with E-state index >= 15 is 0 Å². The highest BCUT2D eigenvalue weighted by molar-refractivity contribution is 5.80. The van der Waals surface area contributed by atoms with Crippen LogP contribution in [0.3, 0.4) is 0 Å². The van der Waals surface area contributed by atoms with Crippen LogP contribution in [0.4, 0.5) is 0 Å². The average Bonchev–Trinajstić information content (AvgIpc) is 2.95. The Morgan fingerprint density at radius 3 is 2.52 bits per heavy atom. The van der Waals surface area contributed by atoms with Crippen molar-refractivity contribution in [2.45, 2.75) is 50.7 Å². The minimum absolute atomic E-state index is 0.0196. The van der Waals surface area contributed by atoms with E-state index in [9.17, 15) is 9.59 Å². The molecular formula is C17H28N2O4. The quantitative estimate of drug-likeness (QED) is 0.815. The molecule has 1 saturated carbocycles. The molecule has 0 aromatic carbocycles. The van der Waals surface area contributed by atoms with Crippen LogP contribution in [0.15, 0.2) is 0 Å². The number of carbonyl (C=O) groups is 2. The third-order valence-electron chi connectivity index (χ3n) is 5.84. The second-order valence-electron chi connectivity index (χ2n) is 7.24. The zero-order valence-electron chi connectivity index (χ0n) is 13.9. The van der Waals surface area contributed by atoms with Gasteiger partial charge in [-0.2, -0.15) is 0 Å². The van der Waals surface area contributed by atoms with Crippen molar-refractivity contribution in [1.29, 1.82) is 0 Å². The summed E-state index contributed by atoms with van der Waals surface area (Å²) >= 11 is 0. The molecule has 3 aliphatic rings. The number of hydrogen-bond donors (Lipinski definition) is 1. The van der Waals surface area contributed by atoms with Crippen LogP contribution in [0.5, 0.6) is 0 Å². The van der Waals surface area contributed by atoms with Gasteiger partial charge >= 0.3 is 0 Å². The Labute approximate surface area is 137 Å². The zero-order chi connectivity index (χ0) is 16.4. The Hall–Kier alpha value is -1.14. The molecular weight excluding hydrogens is 296 g/mol. The number of amides is 2. The fraction of sp³-hybridized carbons (Fsp3) is 0.882. The maximum absolute atomic E-state index is 12.4. The second kappa shape index (κ2) is 7.18. The van der Waals surface area contributed by atoms with Crippen LogP contribution < -0.4 is 5.73 Å². The normalized spacial score (nSPS) is 35.1. The lowest BCUT2D eigenvalue weighted by Gasteiger charge is -2.39. The van der Waals surface area contributed by atoms with Crippen molar-refractivity contribution in [2.24, 2.45) is 23.5 Å². The van der Waals surface area contributed by atoms with Gasteiger partial charge in [-0.25, -0.2) is 0 Å². The molecule has 0 aromatic rings. The first-order valence-electron chi connectivity index (χ1n) is 8.81. The number of primary amides is 1. The van der Waals surface area contributed by atoms with Gasteiger partial charge in [0.05, 0.1) is 18.1 Å². The van der Waals surface area contributed by atoms with Crippen molar-refractivity contribution in [1.82, 2.24) is 4.90 Å². The molecule has 6 nitrogen and oxygen atoms in total. The number of rotatable bonds is 5. The summed E-state index contributed by atoms with van der Waals surface area (Å²) in [5.74, 6) is 0.614. The Balaban J connectivity index is 1.42. The van der Waals surface area contributed by atoms with Crippen LogP contribution in [0.1, 0.15) is 38.5 Å². The first-order chi connectivity index (χ1) is 11.1. The Morgan fingerprint density at radius 1 is 1.22 bits per heavy atom. The highest BCUT2D eigenvalue weighted by atomic mass is 16.5. The molecule has 2 atom stereocenters. The van der Waals surface area contributed by atoms with Gasteiger partial charge < -0.3 is 20.1 Å². The smallest absolute Gasteiger partial charge is 0.225 e. The number of ether oxygens (including phenoxy) is 2. The highest BCUT2D eigenvalue weighted by Crippen LogP contribution is 2.34. The molecule has 0 bridgehead atoms. The van der Waals surface area contributed by atoms with Gasteiger partial charge in [0, 0.05) is 32.7 Å². The minimum atomic E-state index is -0.238. The summed E-state index contributed by atoms with van der Waals surface area (Å²) in [7, 11) is 1.71. The first kappa shape index (κ1) is 16.7. The summed E-state index contributed by atoms with van der Waals surface area (Å²) in [5.41, 5.74) is 5.45. The largest absolute Gasteiger partial charge is 0.381 e. The van der Waals surface area contributed by atoms with Crippen molar-refractivity contribution in [3.05, 3.63) is 0 Å². The number of methoxy groups -OCH3 is 1. The number of piperidine rings is 1.